The van der Waals surface area contributed by atoms with Gasteiger partial charge in [-0.15, -0.1) is 0 Å². The van der Waals surface area contributed by atoms with Crippen LogP contribution in [-0.2, 0) is 9.09 Å². The molecule has 0 aliphatic rings. The zero-order chi connectivity index (χ0) is 11.3. The van der Waals surface area contributed by atoms with Crippen molar-refractivity contribution in [1.29, 1.82) is 0 Å². The summed E-state index contributed by atoms with van der Waals surface area (Å²) >= 11 is 0. The third kappa shape index (κ3) is 5.54. The molecule has 0 amide bonds. The van der Waals surface area contributed by atoms with Crippen molar-refractivity contribution in [3.05, 3.63) is 29.8 Å². The smallest absolute Gasteiger partial charge is 0.469 e. The second-order valence-electron chi connectivity index (χ2n) is 2.99. The highest BCUT2D eigenvalue weighted by Crippen LogP contribution is 2.35. The summed E-state index contributed by atoms with van der Waals surface area (Å²) < 4.78 is 19.8. The first-order valence-corrected chi connectivity index (χ1v) is 5.90. The average molecular weight is 232 g/mol. The van der Waals surface area contributed by atoms with Crippen molar-refractivity contribution in [2.24, 2.45) is 0 Å². The van der Waals surface area contributed by atoms with Crippen molar-refractivity contribution >= 4 is 7.82 Å². The van der Waals surface area contributed by atoms with Gasteiger partial charge in [0.15, 0.2) is 0 Å². The summed E-state index contributed by atoms with van der Waals surface area (Å²) in [5.74, 6) is 0.657. The SMILES string of the molecule is Cc1cccc(OCCOP(=O)(O)O)c1. The normalized spacial score (nSPS) is 11.4. The highest BCUT2D eigenvalue weighted by atomic mass is 31.2. The van der Waals surface area contributed by atoms with Gasteiger partial charge in [0.2, 0.25) is 0 Å². The Labute approximate surface area is 87.9 Å². The van der Waals surface area contributed by atoms with E-state index in [9.17, 15) is 4.57 Å². The number of rotatable bonds is 5. The number of aryl methyl sites for hydroxylation is 1. The Balaban J connectivity index is 2.29. The van der Waals surface area contributed by atoms with Crippen molar-refractivity contribution in [2.75, 3.05) is 13.2 Å². The summed E-state index contributed by atoms with van der Waals surface area (Å²) in [6, 6.07) is 7.37. The van der Waals surface area contributed by atoms with Crippen LogP contribution in [0.2, 0.25) is 0 Å². The van der Waals surface area contributed by atoms with Crippen LogP contribution in [0.25, 0.3) is 0 Å². The van der Waals surface area contributed by atoms with Gasteiger partial charge in [-0.05, 0) is 24.6 Å². The molecule has 0 saturated heterocycles. The Morgan fingerprint density at radius 1 is 1.33 bits per heavy atom. The van der Waals surface area contributed by atoms with E-state index in [1.807, 2.05) is 25.1 Å². The summed E-state index contributed by atoms with van der Waals surface area (Å²) in [5, 5.41) is 0. The fraction of sp³-hybridized carbons (Fsp3) is 0.333. The van der Waals surface area contributed by atoms with Crippen molar-refractivity contribution in [3.63, 3.8) is 0 Å². The molecule has 0 atom stereocenters. The van der Waals surface area contributed by atoms with Crippen LogP contribution < -0.4 is 4.74 Å². The fourth-order valence-corrected chi connectivity index (χ4v) is 1.33. The summed E-state index contributed by atoms with van der Waals surface area (Å²) in [4.78, 5) is 16.8. The molecule has 0 heterocycles. The average Bonchev–Trinajstić information content (AvgIpc) is 2.11. The van der Waals surface area contributed by atoms with E-state index in [1.165, 1.54) is 0 Å². The van der Waals surface area contributed by atoms with Crippen LogP contribution in [0.4, 0.5) is 0 Å². The Kier molecular flexibility index (Phi) is 4.29. The molecule has 1 aromatic carbocycles. The van der Waals surface area contributed by atoms with Crippen LogP contribution in [0, 0.1) is 6.92 Å². The van der Waals surface area contributed by atoms with Gasteiger partial charge >= 0.3 is 7.82 Å². The highest BCUT2D eigenvalue weighted by Gasteiger charge is 2.12. The van der Waals surface area contributed by atoms with E-state index in [0.29, 0.717) is 5.75 Å². The van der Waals surface area contributed by atoms with E-state index >= 15 is 0 Å². The summed E-state index contributed by atoms with van der Waals surface area (Å²) in [6.07, 6.45) is 0. The minimum Gasteiger partial charge on any atom is -0.491 e. The second kappa shape index (κ2) is 5.28. The van der Waals surface area contributed by atoms with E-state index in [0.717, 1.165) is 5.56 Å². The number of phosphoric acid groups is 1. The first-order valence-electron chi connectivity index (χ1n) is 4.37. The molecule has 0 unspecified atom stereocenters. The number of hydrogen-bond donors (Lipinski definition) is 2. The predicted octanol–water partition coefficient (Wildman–Crippen LogP) is 1.48. The molecule has 0 aliphatic carbocycles. The molecule has 84 valence electrons. The molecule has 0 radical (unpaired) electrons. The first kappa shape index (κ1) is 12.2. The van der Waals surface area contributed by atoms with E-state index in [2.05, 4.69) is 4.52 Å². The van der Waals surface area contributed by atoms with E-state index in [1.54, 1.807) is 6.07 Å². The zero-order valence-corrected chi connectivity index (χ0v) is 9.18. The molecule has 1 aromatic rings. The number of phosphoric ester groups is 1. The summed E-state index contributed by atoms with van der Waals surface area (Å²) in [7, 11) is -4.38. The Hall–Kier alpha value is -0.870. The number of hydrogen-bond acceptors (Lipinski definition) is 3. The van der Waals surface area contributed by atoms with Crippen molar-refractivity contribution in [2.45, 2.75) is 6.92 Å². The lowest BCUT2D eigenvalue weighted by atomic mass is 10.2. The molecular formula is C9H13O5P. The lowest BCUT2D eigenvalue weighted by molar-refractivity contribution is 0.160. The molecular weight excluding hydrogens is 219 g/mol. The van der Waals surface area contributed by atoms with Crippen LogP contribution in [0.3, 0.4) is 0 Å². The molecule has 0 bridgehead atoms. The molecule has 6 heteroatoms. The summed E-state index contributed by atoms with van der Waals surface area (Å²) in [6.45, 7) is 1.89. The molecule has 15 heavy (non-hydrogen) atoms. The van der Waals surface area contributed by atoms with Crippen LogP contribution in [0.5, 0.6) is 5.75 Å². The van der Waals surface area contributed by atoms with Crippen LogP contribution >= 0.6 is 7.82 Å². The predicted molar refractivity (Wildman–Crippen MR) is 54.7 cm³/mol. The fourth-order valence-electron chi connectivity index (χ4n) is 1.02. The van der Waals surface area contributed by atoms with Gasteiger partial charge in [-0.25, -0.2) is 4.57 Å². The maximum Gasteiger partial charge on any atom is 0.469 e. The summed E-state index contributed by atoms with van der Waals surface area (Å²) in [5.41, 5.74) is 1.06. The van der Waals surface area contributed by atoms with Gasteiger partial charge in [-0.2, -0.15) is 0 Å². The van der Waals surface area contributed by atoms with E-state index in [4.69, 9.17) is 14.5 Å². The van der Waals surface area contributed by atoms with Gasteiger partial charge in [0, 0.05) is 0 Å². The first-order chi connectivity index (χ1) is 6.97. The molecule has 1 rings (SSSR count). The van der Waals surface area contributed by atoms with Crippen molar-refractivity contribution in [3.8, 4) is 5.75 Å². The van der Waals surface area contributed by atoms with Gasteiger partial charge in [0.05, 0.1) is 6.61 Å². The molecule has 5 nitrogen and oxygen atoms in total. The molecule has 0 fully saturated rings. The molecule has 0 saturated carbocycles. The monoisotopic (exact) mass is 232 g/mol. The minimum atomic E-state index is -4.38. The van der Waals surface area contributed by atoms with Gasteiger partial charge in [0.1, 0.15) is 12.4 Å². The Morgan fingerprint density at radius 2 is 2.07 bits per heavy atom. The lowest BCUT2D eigenvalue weighted by Gasteiger charge is -2.07. The van der Waals surface area contributed by atoms with Crippen LogP contribution in [-0.4, -0.2) is 23.0 Å². The molecule has 0 aromatic heterocycles. The maximum atomic E-state index is 10.3. The Morgan fingerprint density at radius 3 is 2.67 bits per heavy atom. The third-order valence-electron chi connectivity index (χ3n) is 1.60. The topological polar surface area (TPSA) is 76.0 Å². The lowest BCUT2D eigenvalue weighted by Crippen LogP contribution is -2.05. The van der Waals surface area contributed by atoms with Gasteiger partial charge in [0.25, 0.3) is 0 Å². The van der Waals surface area contributed by atoms with Crippen LogP contribution in [0.1, 0.15) is 5.56 Å². The van der Waals surface area contributed by atoms with Crippen LogP contribution in [0.15, 0.2) is 24.3 Å². The molecule has 2 N–H and O–H groups in total. The Bertz CT molecular complexity index is 359. The standard InChI is InChI=1S/C9H13O5P/c1-8-3-2-4-9(7-8)13-5-6-14-15(10,11)12/h2-4,7H,5-6H2,1H3,(H2,10,11,12). The minimum absolute atomic E-state index is 0.106. The number of benzene rings is 1. The maximum absolute atomic E-state index is 10.3. The quantitative estimate of drug-likeness (QED) is 0.594. The highest BCUT2D eigenvalue weighted by molar-refractivity contribution is 7.46. The van der Waals surface area contributed by atoms with E-state index in [-0.39, 0.29) is 13.2 Å². The van der Waals surface area contributed by atoms with Gasteiger partial charge < -0.3 is 14.5 Å². The third-order valence-corrected chi connectivity index (χ3v) is 2.12. The van der Waals surface area contributed by atoms with Gasteiger partial charge in [-0.3, -0.25) is 4.52 Å². The second-order valence-corrected chi connectivity index (χ2v) is 4.23. The van der Waals surface area contributed by atoms with E-state index < -0.39 is 7.82 Å². The largest absolute Gasteiger partial charge is 0.491 e. The van der Waals surface area contributed by atoms with Crippen molar-refractivity contribution < 1.29 is 23.6 Å². The number of ether oxygens (including phenoxy) is 1. The molecule has 0 spiro atoms. The van der Waals surface area contributed by atoms with Gasteiger partial charge in [-0.1, -0.05) is 12.1 Å². The van der Waals surface area contributed by atoms with Crippen molar-refractivity contribution in [1.82, 2.24) is 0 Å². The zero-order valence-electron chi connectivity index (χ0n) is 8.29. The molecule has 0 aliphatic heterocycles.